The molecule has 0 saturated heterocycles. The number of fused-ring (bicyclic) bond motifs is 1. The van der Waals surface area contributed by atoms with Gasteiger partial charge in [-0.25, -0.2) is 4.79 Å². The van der Waals surface area contributed by atoms with Gasteiger partial charge in [0.25, 0.3) is 0 Å². The average molecular weight is 251 g/mol. The molecule has 2 aromatic rings. The van der Waals surface area contributed by atoms with Gasteiger partial charge in [0, 0.05) is 0 Å². The van der Waals surface area contributed by atoms with Gasteiger partial charge in [0.1, 0.15) is 6.10 Å². The summed E-state index contributed by atoms with van der Waals surface area (Å²) < 4.78 is 0. The second-order valence-electron chi connectivity index (χ2n) is 4.29. The molecule has 0 fully saturated rings. The monoisotopic (exact) mass is 251 g/mol. The topological polar surface area (TPSA) is 101 Å². The second kappa shape index (κ2) is 5.34. The first-order valence-electron chi connectivity index (χ1n) is 5.84. The van der Waals surface area contributed by atoms with Crippen LogP contribution in [0.25, 0.3) is 11.0 Å². The summed E-state index contributed by atoms with van der Waals surface area (Å²) >= 11 is 0. The van der Waals surface area contributed by atoms with Crippen molar-refractivity contribution in [1.82, 2.24) is 15.3 Å². The van der Waals surface area contributed by atoms with E-state index >= 15 is 0 Å². The van der Waals surface area contributed by atoms with Gasteiger partial charge in [-0.3, -0.25) is 0 Å². The Balaban J connectivity index is 2.21. The molecule has 98 valence electrons. The van der Waals surface area contributed by atoms with Crippen molar-refractivity contribution in [2.75, 3.05) is 13.6 Å². The van der Waals surface area contributed by atoms with Crippen molar-refractivity contribution >= 4 is 11.0 Å². The van der Waals surface area contributed by atoms with Gasteiger partial charge in [-0.1, -0.05) is 6.07 Å². The van der Waals surface area contributed by atoms with Crippen molar-refractivity contribution in [3.05, 3.63) is 34.2 Å². The molecule has 5 N–H and O–H groups in total. The Kier molecular flexibility index (Phi) is 3.81. The van der Waals surface area contributed by atoms with E-state index in [0.29, 0.717) is 29.6 Å². The molecule has 0 radical (unpaired) electrons. The maximum Gasteiger partial charge on any atom is 0.323 e. The standard InChI is InChI=1S/C12H17N3O3/c1-13-5-4-10(16)11(17)7-2-3-8-9(6-7)15-12(18)14-8/h2-3,6,10-11,13,16-17H,4-5H2,1H3,(H2,14,15,18). The van der Waals surface area contributed by atoms with E-state index in [9.17, 15) is 15.0 Å². The molecular weight excluding hydrogens is 234 g/mol. The highest BCUT2D eigenvalue weighted by atomic mass is 16.3. The number of benzene rings is 1. The fraction of sp³-hybridized carbons (Fsp3) is 0.417. The van der Waals surface area contributed by atoms with Crippen molar-refractivity contribution in [3.63, 3.8) is 0 Å². The first-order chi connectivity index (χ1) is 8.61. The fourth-order valence-corrected chi connectivity index (χ4v) is 1.91. The minimum Gasteiger partial charge on any atom is -0.390 e. The van der Waals surface area contributed by atoms with Crippen LogP contribution in [0.4, 0.5) is 0 Å². The molecule has 2 atom stereocenters. The minimum atomic E-state index is -0.957. The molecule has 0 spiro atoms. The molecule has 1 heterocycles. The molecule has 0 amide bonds. The quantitative estimate of drug-likeness (QED) is 0.510. The summed E-state index contributed by atoms with van der Waals surface area (Å²) in [6.07, 6.45) is -1.33. The van der Waals surface area contributed by atoms with Gasteiger partial charge in [0.2, 0.25) is 0 Å². The predicted octanol–water partition coefficient (Wildman–Crippen LogP) is -0.140. The Morgan fingerprint density at radius 1 is 1.28 bits per heavy atom. The summed E-state index contributed by atoms with van der Waals surface area (Å²) in [5, 5.41) is 22.7. The molecule has 0 aliphatic rings. The van der Waals surface area contributed by atoms with Crippen molar-refractivity contribution in [2.45, 2.75) is 18.6 Å². The molecule has 0 saturated carbocycles. The van der Waals surface area contributed by atoms with Gasteiger partial charge < -0.3 is 25.5 Å². The molecule has 0 aliphatic heterocycles. The van der Waals surface area contributed by atoms with E-state index in [2.05, 4.69) is 15.3 Å². The zero-order valence-corrected chi connectivity index (χ0v) is 10.1. The van der Waals surface area contributed by atoms with Crippen molar-refractivity contribution in [1.29, 1.82) is 0 Å². The number of aliphatic hydroxyl groups excluding tert-OH is 2. The van der Waals surface area contributed by atoms with E-state index in [4.69, 9.17) is 0 Å². The van der Waals surface area contributed by atoms with Crippen LogP contribution in [-0.2, 0) is 0 Å². The van der Waals surface area contributed by atoms with E-state index in [-0.39, 0.29) is 5.69 Å². The van der Waals surface area contributed by atoms with Crippen LogP contribution in [-0.4, -0.2) is 39.9 Å². The SMILES string of the molecule is CNCCC(O)C(O)c1ccc2[nH]c(=O)[nH]c2c1. The van der Waals surface area contributed by atoms with Crippen LogP contribution in [0.5, 0.6) is 0 Å². The Morgan fingerprint density at radius 3 is 2.72 bits per heavy atom. The largest absolute Gasteiger partial charge is 0.390 e. The van der Waals surface area contributed by atoms with Crippen LogP contribution in [0, 0.1) is 0 Å². The lowest BCUT2D eigenvalue weighted by Crippen LogP contribution is -2.23. The molecular formula is C12H17N3O3. The highest BCUT2D eigenvalue weighted by Gasteiger charge is 2.18. The summed E-state index contributed by atoms with van der Waals surface area (Å²) in [5.74, 6) is 0. The molecule has 0 aliphatic carbocycles. The Labute approximate surface area is 104 Å². The highest BCUT2D eigenvalue weighted by molar-refractivity contribution is 5.75. The van der Waals surface area contributed by atoms with Crippen LogP contribution >= 0.6 is 0 Å². The maximum atomic E-state index is 11.1. The average Bonchev–Trinajstić information content (AvgIpc) is 2.73. The predicted molar refractivity (Wildman–Crippen MR) is 68.4 cm³/mol. The Hall–Kier alpha value is -1.63. The third-order valence-corrected chi connectivity index (χ3v) is 2.94. The lowest BCUT2D eigenvalue weighted by molar-refractivity contribution is 0.0141. The van der Waals surface area contributed by atoms with Crippen LogP contribution in [0.1, 0.15) is 18.1 Å². The molecule has 0 bridgehead atoms. The Morgan fingerprint density at radius 2 is 2.00 bits per heavy atom. The first kappa shape index (κ1) is 12.8. The number of aliphatic hydroxyl groups is 2. The molecule has 6 nitrogen and oxygen atoms in total. The van der Waals surface area contributed by atoms with E-state index in [1.807, 2.05) is 0 Å². The number of H-pyrrole nitrogens is 2. The second-order valence-corrected chi connectivity index (χ2v) is 4.29. The third kappa shape index (κ3) is 2.61. The van der Waals surface area contributed by atoms with E-state index in [1.165, 1.54) is 0 Å². The minimum absolute atomic E-state index is 0.285. The summed E-state index contributed by atoms with van der Waals surface area (Å²) in [4.78, 5) is 16.4. The number of nitrogens with one attached hydrogen (secondary N) is 3. The summed E-state index contributed by atoms with van der Waals surface area (Å²) in [5.41, 5.74) is 1.60. The van der Waals surface area contributed by atoms with Crippen LogP contribution in [0.2, 0.25) is 0 Å². The van der Waals surface area contributed by atoms with Gasteiger partial charge in [-0.05, 0) is 37.7 Å². The normalized spacial score (nSPS) is 14.8. The summed E-state index contributed by atoms with van der Waals surface area (Å²) in [6, 6.07) is 5.07. The molecule has 18 heavy (non-hydrogen) atoms. The zero-order valence-electron chi connectivity index (χ0n) is 10.1. The van der Waals surface area contributed by atoms with E-state index in [0.717, 1.165) is 0 Å². The number of hydrogen-bond donors (Lipinski definition) is 5. The lowest BCUT2D eigenvalue weighted by atomic mass is 10.0. The third-order valence-electron chi connectivity index (χ3n) is 2.94. The van der Waals surface area contributed by atoms with Crippen LogP contribution < -0.4 is 11.0 Å². The smallest absolute Gasteiger partial charge is 0.323 e. The number of hydrogen-bond acceptors (Lipinski definition) is 4. The first-order valence-corrected chi connectivity index (χ1v) is 5.84. The fourth-order valence-electron chi connectivity index (χ4n) is 1.91. The van der Waals surface area contributed by atoms with Crippen molar-refractivity contribution in [3.8, 4) is 0 Å². The summed E-state index contributed by atoms with van der Waals surface area (Å²) in [6.45, 7) is 0.626. The van der Waals surface area contributed by atoms with Crippen molar-refractivity contribution < 1.29 is 10.2 Å². The molecule has 1 aromatic heterocycles. The molecule has 2 rings (SSSR count). The van der Waals surface area contributed by atoms with Crippen LogP contribution in [0.15, 0.2) is 23.0 Å². The van der Waals surface area contributed by atoms with Gasteiger partial charge in [0.05, 0.1) is 17.1 Å². The van der Waals surface area contributed by atoms with Gasteiger partial charge in [0.15, 0.2) is 0 Å². The number of aromatic nitrogens is 2. The molecule has 6 heteroatoms. The van der Waals surface area contributed by atoms with Gasteiger partial charge in [-0.15, -0.1) is 0 Å². The Bertz CT molecular complexity index is 575. The van der Waals surface area contributed by atoms with E-state index in [1.54, 1.807) is 25.2 Å². The number of aromatic amines is 2. The van der Waals surface area contributed by atoms with Crippen LogP contribution in [0.3, 0.4) is 0 Å². The van der Waals surface area contributed by atoms with Crippen molar-refractivity contribution in [2.24, 2.45) is 0 Å². The zero-order chi connectivity index (χ0) is 13.1. The summed E-state index contributed by atoms with van der Waals surface area (Å²) in [7, 11) is 1.79. The number of rotatable bonds is 5. The van der Waals surface area contributed by atoms with E-state index < -0.39 is 12.2 Å². The molecule has 2 unspecified atom stereocenters. The van der Waals surface area contributed by atoms with Gasteiger partial charge >= 0.3 is 5.69 Å². The maximum absolute atomic E-state index is 11.1. The number of imidazole rings is 1. The lowest BCUT2D eigenvalue weighted by Gasteiger charge is -2.18. The highest BCUT2D eigenvalue weighted by Crippen LogP contribution is 2.21. The van der Waals surface area contributed by atoms with Gasteiger partial charge in [-0.2, -0.15) is 0 Å². The molecule has 1 aromatic carbocycles.